The van der Waals surface area contributed by atoms with E-state index in [9.17, 15) is 23.3 Å². The second-order valence-corrected chi connectivity index (χ2v) is 7.45. The number of benzene rings is 2. The molecule has 0 aromatic heterocycles. The molecule has 2 N–H and O–H groups in total. The Hall–Kier alpha value is -3.14. The Kier molecular flexibility index (Phi) is 5.46. The minimum Gasteiger partial charge on any atom is -0.495 e. The monoisotopic (exact) mass is 379 g/mol. The summed E-state index contributed by atoms with van der Waals surface area (Å²) in [5.74, 6) is 0.122. The van der Waals surface area contributed by atoms with Gasteiger partial charge in [-0.1, -0.05) is 0 Å². The van der Waals surface area contributed by atoms with E-state index in [1.54, 1.807) is 18.2 Å². The Labute approximate surface area is 150 Å². The highest BCUT2D eigenvalue weighted by molar-refractivity contribution is 7.90. The maximum Gasteiger partial charge on any atom is 0.293 e. The predicted molar refractivity (Wildman–Crippen MR) is 96.8 cm³/mol. The van der Waals surface area contributed by atoms with E-state index in [1.165, 1.54) is 26.2 Å². The van der Waals surface area contributed by atoms with Gasteiger partial charge < -0.3 is 15.4 Å². The number of amides is 1. The van der Waals surface area contributed by atoms with Crippen LogP contribution in [0.25, 0.3) is 0 Å². The largest absolute Gasteiger partial charge is 0.495 e. The molecule has 10 heteroatoms. The highest BCUT2D eigenvalue weighted by Gasteiger charge is 2.19. The van der Waals surface area contributed by atoms with Crippen molar-refractivity contribution in [2.45, 2.75) is 11.8 Å². The first-order valence-electron chi connectivity index (χ1n) is 7.33. The van der Waals surface area contributed by atoms with Gasteiger partial charge in [-0.05, 0) is 30.3 Å². The van der Waals surface area contributed by atoms with Crippen LogP contribution in [0.5, 0.6) is 5.75 Å². The van der Waals surface area contributed by atoms with Crippen molar-refractivity contribution in [3.8, 4) is 5.75 Å². The Bertz CT molecular complexity index is 972. The summed E-state index contributed by atoms with van der Waals surface area (Å²) in [6, 6.07) is 8.34. The van der Waals surface area contributed by atoms with Crippen LogP contribution in [0.1, 0.15) is 6.92 Å². The molecule has 138 valence electrons. The zero-order valence-corrected chi connectivity index (χ0v) is 15.1. The molecular weight excluding hydrogens is 362 g/mol. The summed E-state index contributed by atoms with van der Waals surface area (Å²) >= 11 is 0. The van der Waals surface area contributed by atoms with Crippen LogP contribution < -0.4 is 15.4 Å². The number of nitro groups is 1. The maximum atomic E-state index is 11.6. The van der Waals surface area contributed by atoms with E-state index in [4.69, 9.17) is 4.74 Å². The number of nitrogens with zero attached hydrogens (tertiary/aromatic N) is 1. The van der Waals surface area contributed by atoms with Gasteiger partial charge in [0, 0.05) is 24.9 Å². The van der Waals surface area contributed by atoms with Crippen molar-refractivity contribution in [3.63, 3.8) is 0 Å². The lowest BCUT2D eigenvalue weighted by atomic mass is 10.2. The van der Waals surface area contributed by atoms with Gasteiger partial charge in [-0.2, -0.15) is 0 Å². The van der Waals surface area contributed by atoms with Crippen molar-refractivity contribution in [2.75, 3.05) is 24.0 Å². The molecule has 0 aliphatic heterocycles. The normalized spacial score (nSPS) is 10.9. The number of nitrogens with one attached hydrogen (secondary N) is 2. The fraction of sp³-hybridized carbons (Fsp3) is 0.188. The Morgan fingerprint density at radius 1 is 1.15 bits per heavy atom. The SMILES string of the molecule is COc1ccc(Nc2ccc(S(C)(=O)=O)cc2[N+](=O)[O-])cc1NC(C)=O. The van der Waals surface area contributed by atoms with Crippen LogP contribution in [-0.2, 0) is 14.6 Å². The smallest absolute Gasteiger partial charge is 0.293 e. The average Bonchev–Trinajstić information content (AvgIpc) is 2.53. The lowest BCUT2D eigenvalue weighted by molar-refractivity contribution is -0.384. The number of sulfone groups is 1. The number of carbonyl (C=O) groups excluding carboxylic acids is 1. The quantitative estimate of drug-likeness (QED) is 0.583. The van der Waals surface area contributed by atoms with E-state index in [0.717, 1.165) is 12.3 Å². The zero-order valence-electron chi connectivity index (χ0n) is 14.3. The van der Waals surface area contributed by atoms with Crippen molar-refractivity contribution in [3.05, 3.63) is 46.5 Å². The molecule has 2 rings (SSSR count). The molecule has 0 heterocycles. The van der Waals surface area contributed by atoms with Crippen molar-refractivity contribution in [2.24, 2.45) is 0 Å². The van der Waals surface area contributed by atoms with Gasteiger partial charge in [0.05, 0.1) is 22.6 Å². The van der Waals surface area contributed by atoms with Gasteiger partial charge in [-0.15, -0.1) is 0 Å². The van der Waals surface area contributed by atoms with E-state index >= 15 is 0 Å². The molecule has 2 aromatic rings. The third-order valence-corrected chi connectivity index (χ3v) is 4.49. The van der Waals surface area contributed by atoms with E-state index in [-0.39, 0.29) is 22.2 Å². The predicted octanol–water partition coefficient (Wildman–Crippen LogP) is 2.71. The summed E-state index contributed by atoms with van der Waals surface area (Å²) in [6.07, 6.45) is 0.975. The van der Waals surface area contributed by atoms with Gasteiger partial charge >= 0.3 is 0 Å². The summed E-state index contributed by atoms with van der Waals surface area (Å²) in [4.78, 5) is 21.8. The standard InChI is InChI=1S/C16H17N3O6S/c1-10(20)17-14-8-11(4-7-16(14)25-2)18-13-6-5-12(26(3,23)24)9-15(13)19(21)22/h4-9,18H,1-3H3,(H,17,20). The van der Waals surface area contributed by atoms with Gasteiger partial charge in [0.25, 0.3) is 5.69 Å². The molecule has 0 radical (unpaired) electrons. The molecule has 0 unspecified atom stereocenters. The van der Waals surface area contributed by atoms with Crippen LogP contribution in [0.2, 0.25) is 0 Å². The third kappa shape index (κ3) is 4.48. The van der Waals surface area contributed by atoms with Gasteiger partial charge in [-0.3, -0.25) is 14.9 Å². The number of hydrogen-bond donors (Lipinski definition) is 2. The van der Waals surface area contributed by atoms with Gasteiger partial charge in [-0.25, -0.2) is 8.42 Å². The molecule has 0 atom stereocenters. The van der Waals surface area contributed by atoms with Crippen LogP contribution in [-0.4, -0.2) is 32.6 Å². The Morgan fingerprint density at radius 3 is 2.38 bits per heavy atom. The molecule has 0 saturated heterocycles. The van der Waals surface area contributed by atoms with Crippen LogP contribution >= 0.6 is 0 Å². The van der Waals surface area contributed by atoms with E-state index < -0.39 is 14.8 Å². The maximum absolute atomic E-state index is 11.6. The Balaban J connectivity index is 2.45. The first-order valence-corrected chi connectivity index (χ1v) is 9.22. The molecular formula is C16H17N3O6S. The second kappa shape index (κ2) is 7.40. The highest BCUT2D eigenvalue weighted by Crippen LogP contribution is 2.33. The molecule has 0 bridgehead atoms. The second-order valence-electron chi connectivity index (χ2n) is 5.43. The number of carbonyl (C=O) groups is 1. The van der Waals surface area contributed by atoms with E-state index in [2.05, 4.69) is 10.6 Å². The van der Waals surface area contributed by atoms with Crippen LogP contribution in [0.3, 0.4) is 0 Å². The van der Waals surface area contributed by atoms with Crippen LogP contribution in [0.4, 0.5) is 22.7 Å². The first kappa shape index (κ1) is 19.2. The van der Waals surface area contributed by atoms with Gasteiger partial charge in [0.1, 0.15) is 11.4 Å². The van der Waals surface area contributed by atoms with Crippen LogP contribution in [0.15, 0.2) is 41.3 Å². The third-order valence-electron chi connectivity index (χ3n) is 3.38. The van der Waals surface area contributed by atoms with Crippen molar-refractivity contribution < 1.29 is 22.9 Å². The van der Waals surface area contributed by atoms with Crippen molar-refractivity contribution in [1.29, 1.82) is 0 Å². The molecule has 1 amide bonds. The van der Waals surface area contributed by atoms with Crippen molar-refractivity contribution in [1.82, 2.24) is 0 Å². The molecule has 26 heavy (non-hydrogen) atoms. The number of methoxy groups -OCH3 is 1. The topological polar surface area (TPSA) is 128 Å². The minimum absolute atomic E-state index is 0.112. The number of hydrogen-bond acceptors (Lipinski definition) is 7. The number of rotatable bonds is 6. The lowest BCUT2D eigenvalue weighted by Crippen LogP contribution is -2.07. The summed E-state index contributed by atoms with van der Waals surface area (Å²) in [5, 5.41) is 16.8. The summed E-state index contributed by atoms with van der Waals surface area (Å²) in [6.45, 7) is 1.34. The number of anilines is 3. The van der Waals surface area contributed by atoms with E-state index in [0.29, 0.717) is 17.1 Å². The summed E-state index contributed by atoms with van der Waals surface area (Å²) in [5.41, 5.74) is 0.566. The fourth-order valence-electron chi connectivity index (χ4n) is 2.23. The Morgan fingerprint density at radius 2 is 1.85 bits per heavy atom. The zero-order chi connectivity index (χ0) is 19.5. The summed E-state index contributed by atoms with van der Waals surface area (Å²) in [7, 11) is -2.13. The van der Waals surface area contributed by atoms with Gasteiger partial charge in [0.15, 0.2) is 9.84 Å². The van der Waals surface area contributed by atoms with Gasteiger partial charge in [0.2, 0.25) is 5.91 Å². The number of nitro benzene ring substituents is 1. The first-order chi connectivity index (χ1) is 12.1. The molecule has 2 aromatic carbocycles. The molecule has 0 aliphatic rings. The van der Waals surface area contributed by atoms with Crippen molar-refractivity contribution >= 4 is 38.5 Å². The average molecular weight is 379 g/mol. The fourth-order valence-corrected chi connectivity index (χ4v) is 2.87. The minimum atomic E-state index is -3.57. The molecule has 0 saturated carbocycles. The van der Waals surface area contributed by atoms with E-state index in [1.807, 2.05) is 0 Å². The molecule has 0 fully saturated rings. The molecule has 9 nitrogen and oxygen atoms in total. The van der Waals surface area contributed by atoms with Crippen LogP contribution in [0, 0.1) is 10.1 Å². The molecule has 0 spiro atoms. The molecule has 0 aliphatic carbocycles. The highest BCUT2D eigenvalue weighted by atomic mass is 32.2. The summed E-state index contributed by atoms with van der Waals surface area (Å²) < 4.78 is 28.3. The lowest BCUT2D eigenvalue weighted by Gasteiger charge is -2.13. The number of ether oxygens (including phenoxy) is 1.